The molecule has 9 heteroatoms. The maximum Gasteiger partial charge on any atom is 0.333 e. The van der Waals surface area contributed by atoms with Crippen molar-refractivity contribution in [3.05, 3.63) is 105 Å². The number of ether oxygens (including phenoxy) is 2. The molecule has 0 saturated heterocycles. The molecule has 0 radical (unpaired) electrons. The number of fused-ring (bicyclic) bond motifs is 2. The molecule has 0 amide bonds. The quantitative estimate of drug-likeness (QED) is 0.184. The zero-order valence-corrected chi connectivity index (χ0v) is 24.6. The van der Waals surface area contributed by atoms with Crippen molar-refractivity contribution in [2.24, 2.45) is 0 Å². The number of aromatic hydroxyl groups is 1. The van der Waals surface area contributed by atoms with Crippen molar-refractivity contribution in [2.45, 2.75) is 71.2 Å². The first-order chi connectivity index (χ1) is 20.6. The van der Waals surface area contributed by atoms with Crippen LogP contribution in [0.5, 0.6) is 11.5 Å². The predicted octanol–water partition coefficient (Wildman–Crippen LogP) is 4.96. The number of carbonyl (C=O) groups excluding carboxylic acids is 1. The Morgan fingerprint density at radius 1 is 1.16 bits per heavy atom. The Balaban J connectivity index is 1.64. The smallest absolute Gasteiger partial charge is 0.333 e. The van der Waals surface area contributed by atoms with E-state index >= 15 is 0 Å². The van der Waals surface area contributed by atoms with E-state index in [-0.39, 0.29) is 28.9 Å². The van der Waals surface area contributed by atoms with Crippen LogP contribution in [0, 0.1) is 0 Å². The Bertz CT molecular complexity index is 1730. The van der Waals surface area contributed by atoms with Gasteiger partial charge in [-0.3, -0.25) is 4.79 Å². The molecule has 2 atom stereocenters. The van der Waals surface area contributed by atoms with Crippen LogP contribution in [-0.4, -0.2) is 32.9 Å². The summed E-state index contributed by atoms with van der Waals surface area (Å²) in [6, 6.07) is 14.7. The van der Waals surface area contributed by atoms with Gasteiger partial charge >= 0.3 is 5.97 Å². The highest BCUT2D eigenvalue weighted by Crippen LogP contribution is 2.47. The van der Waals surface area contributed by atoms with Gasteiger partial charge in [-0.25, -0.2) is 9.78 Å². The predicted molar refractivity (Wildman–Crippen MR) is 163 cm³/mol. The largest absolute Gasteiger partial charge is 0.507 e. The summed E-state index contributed by atoms with van der Waals surface area (Å²) < 4.78 is 18.8. The van der Waals surface area contributed by atoms with Crippen LogP contribution in [0.3, 0.4) is 0 Å². The third-order valence-electron chi connectivity index (χ3n) is 8.17. The third-order valence-corrected chi connectivity index (χ3v) is 8.17. The van der Waals surface area contributed by atoms with E-state index in [0.717, 1.165) is 11.1 Å². The van der Waals surface area contributed by atoms with E-state index in [1.165, 1.54) is 6.07 Å². The second-order valence-corrected chi connectivity index (χ2v) is 11.1. The van der Waals surface area contributed by atoms with Crippen LogP contribution < -0.4 is 15.9 Å². The molecule has 0 bridgehead atoms. The number of hydrogen-bond donors (Lipinski definition) is 3. The topological polar surface area (TPSA) is 145 Å². The number of aliphatic hydroxyl groups excluding tert-OH is 1. The Morgan fingerprint density at radius 2 is 1.93 bits per heavy atom. The zero-order chi connectivity index (χ0) is 30.7. The molecule has 2 unspecified atom stereocenters. The van der Waals surface area contributed by atoms with Crippen molar-refractivity contribution in [1.29, 1.82) is 0 Å². The molecule has 0 fully saturated rings. The number of anilines is 1. The number of nitrogens with zero attached hydrogens (tertiary/aromatic N) is 1. The van der Waals surface area contributed by atoms with E-state index in [0.29, 0.717) is 54.0 Å². The van der Waals surface area contributed by atoms with Gasteiger partial charge in [0.15, 0.2) is 5.43 Å². The lowest BCUT2D eigenvalue weighted by Crippen LogP contribution is -2.51. The number of benzene rings is 2. The van der Waals surface area contributed by atoms with Crippen LogP contribution in [0.15, 0.2) is 75.6 Å². The minimum atomic E-state index is -1.02. The summed E-state index contributed by atoms with van der Waals surface area (Å²) >= 11 is 0. The highest BCUT2D eigenvalue weighted by Gasteiger charge is 2.46. The number of aryl methyl sites for hydroxylation is 3. The van der Waals surface area contributed by atoms with E-state index in [4.69, 9.17) is 19.6 Å². The minimum absolute atomic E-state index is 0.00822. The number of aromatic nitrogens is 1. The van der Waals surface area contributed by atoms with Crippen LogP contribution in [0.4, 0.5) is 5.82 Å². The molecule has 0 spiro atoms. The first-order valence-corrected chi connectivity index (χ1v) is 14.3. The number of aliphatic hydroxyl groups is 1. The summed E-state index contributed by atoms with van der Waals surface area (Å²) in [6.45, 7) is 4.84. The molecular weight excluding hydrogens is 548 g/mol. The highest BCUT2D eigenvalue weighted by molar-refractivity contribution is 5.91. The van der Waals surface area contributed by atoms with Gasteiger partial charge in [0.2, 0.25) is 0 Å². The molecule has 5 rings (SSSR count). The summed E-state index contributed by atoms with van der Waals surface area (Å²) in [5.74, 6) is 0.130. The maximum atomic E-state index is 13.2. The van der Waals surface area contributed by atoms with Crippen LogP contribution >= 0.6 is 0 Å². The summed E-state index contributed by atoms with van der Waals surface area (Å²) in [5.41, 5.74) is 7.88. The van der Waals surface area contributed by atoms with E-state index in [2.05, 4.69) is 4.98 Å². The van der Waals surface area contributed by atoms with Crippen molar-refractivity contribution in [1.82, 2.24) is 4.98 Å². The zero-order valence-electron chi connectivity index (χ0n) is 24.6. The van der Waals surface area contributed by atoms with Crippen LogP contribution in [0.1, 0.15) is 55.2 Å². The molecule has 2 aromatic heterocycles. The molecular formula is C34H36N2O7. The lowest BCUT2D eigenvalue weighted by Gasteiger charge is -2.43. The lowest BCUT2D eigenvalue weighted by molar-refractivity contribution is -0.158. The van der Waals surface area contributed by atoms with Crippen LogP contribution in [0.2, 0.25) is 0 Å². The standard InChI is InChI=1S/C34H36N2O7/c1-4-20(2)33(40)42-27-17-25-30(39)29-26(38)16-23(19-37)41-32(29)24(12-10-21-8-6-5-7-9-21)31(25)43-34(27,3)15-14-22-11-13-28(35)36-18-22/h4-9,11,13,16,18,27,37,39H,10,12,14-15,17,19H2,1-3H3,(H2,35,36). The minimum Gasteiger partial charge on any atom is -0.507 e. The van der Waals surface area contributed by atoms with Gasteiger partial charge in [0, 0.05) is 35.4 Å². The maximum absolute atomic E-state index is 13.2. The third kappa shape index (κ3) is 6.12. The summed E-state index contributed by atoms with van der Waals surface area (Å²) in [6.07, 6.45) is 4.76. The second-order valence-electron chi connectivity index (χ2n) is 11.1. The van der Waals surface area contributed by atoms with Gasteiger partial charge in [0.25, 0.3) is 0 Å². The van der Waals surface area contributed by atoms with Crippen molar-refractivity contribution in [3.8, 4) is 11.5 Å². The first-order valence-electron chi connectivity index (χ1n) is 14.3. The molecule has 2 aromatic carbocycles. The van der Waals surface area contributed by atoms with Gasteiger partial charge < -0.3 is 29.8 Å². The Kier molecular flexibility index (Phi) is 8.54. The van der Waals surface area contributed by atoms with E-state index < -0.39 is 29.7 Å². The summed E-state index contributed by atoms with van der Waals surface area (Å²) in [5, 5.41) is 21.3. The number of rotatable bonds is 9. The number of allylic oxidation sites excluding steroid dienone is 1. The fourth-order valence-electron chi connectivity index (χ4n) is 5.45. The van der Waals surface area contributed by atoms with Gasteiger partial charge in [-0.05, 0) is 63.6 Å². The monoisotopic (exact) mass is 584 g/mol. The van der Waals surface area contributed by atoms with Crippen molar-refractivity contribution in [2.75, 3.05) is 5.73 Å². The number of pyridine rings is 1. The van der Waals surface area contributed by atoms with Gasteiger partial charge in [0.1, 0.15) is 52.4 Å². The molecule has 9 nitrogen and oxygen atoms in total. The lowest BCUT2D eigenvalue weighted by atomic mass is 9.82. The Morgan fingerprint density at radius 3 is 2.60 bits per heavy atom. The Labute approximate surface area is 249 Å². The first kappa shape index (κ1) is 29.8. The normalized spacial score (nSPS) is 18.2. The second kappa shape index (κ2) is 12.3. The van der Waals surface area contributed by atoms with Crippen LogP contribution in [-0.2, 0) is 41.8 Å². The number of nitrogens with two attached hydrogens (primary N) is 1. The van der Waals surface area contributed by atoms with Crippen LogP contribution in [0.25, 0.3) is 11.0 Å². The molecule has 1 aliphatic rings. The van der Waals surface area contributed by atoms with Crippen molar-refractivity contribution < 1.29 is 28.9 Å². The van der Waals surface area contributed by atoms with E-state index in [1.54, 1.807) is 32.2 Å². The van der Waals surface area contributed by atoms with E-state index in [1.807, 2.05) is 43.3 Å². The molecule has 0 saturated carbocycles. The average Bonchev–Trinajstić information content (AvgIpc) is 3.01. The number of carbonyl (C=O) groups is 1. The number of phenols is 1. The molecule has 4 N–H and O–H groups in total. The number of nitrogen functional groups attached to an aromatic ring is 1. The van der Waals surface area contributed by atoms with E-state index in [9.17, 15) is 19.8 Å². The van der Waals surface area contributed by atoms with Gasteiger partial charge in [-0.1, -0.05) is 42.5 Å². The van der Waals surface area contributed by atoms with Crippen molar-refractivity contribution >= 4 is 22.8 Å². The number of phenolic OH excluding ortho intramolecular Hbond substituents is 1. The average molecular weight is 585 g/mol. The fraction of sp³-hybridized carbons (Fsp3) is 0.324. The summed E-state index contributed by atoms with van der Waals surface area (Å²) in [7, 11) is 0. The Hall–Kier alpha value is -4.63. The molecule has 224 valence electrons. The summed E-state index contributed by atoms with van der Waals surface area (Å²) in [4.78, 5) is 30.4. The highest BCUT2D eigenvalue weighted by atomic mass is 16.6. The molecule has 43 heavy (non-hydrogen) atoms. The number of esters is 1. The molecule has 3 heterocycles. The molecule has 0 aliphatic carbocycles. The molecule has 4 aromatic rings. The van der Waals surface area contributed by atoms with Gasteiger partial charge in [0.05, 0.1) is 0 Å². The van der Waals surface area contributed by atoms with Crippen molar-refractivity contribution in [3.63, 3.8) is 0 Å². The number of hydrogen-bond acceptors (Lipinski definition) is 9. The van der Waals surface area contributed by atoms with Gasteiger partial charge in [-0.2, -0.15) is 0 Å². The fourth-order valence-corrected chi connectivity index (χ4v) is 5.45. The SMILES string of the molecule is CC=C(C)C(=O)OC1Cc2c(c(CCc3ccccc3)c3oc(CO)cc(=O)c3c2O)OC1(C)CCc1ccc(N)nc1. The molecule has 1 aliphatic heterocycles. The van der Waals surface area contributed by atoms with Gasteiger partial charge in [-0.15, -0.1) is 0 Å².